The van der Waals surface area contributed by atoms with Crippen molar-refractivity contribution in [2.45, 2.75) is 31.7 Å². The average Bonchev–Trinajstić information content (AvgIpc) is 2.84. The number of sulfonamides is 1. The van der Waals surface area contributed by atoms with E-state index in [9.17, 15) is 18.0 Å². The van der Waals surface area contributed by atoms with Gasteiger partial charge in [0.2, 0.25) is 10.0 Å². The van der Waals surface area contributed by atoms with Gasteiger partial charge in [-0.15, -0.1) is 0 Å². The molecule has 0 fully saturated rings. The molecule has 0 unspecified atom stereocenters. The predicted molar refractivity (Wildman–Crippen MR) is 129 cm³/mol. The van der Waals surface area contributed by atoms with Gasteiger partial charge in [0.15, 0.2) is 5.78 Å². The molecule has 3 aromatic rings. The van der Waals surface area contributed by atoms with Crippen molar-refractivity contribution in [1.82, 2.24) is 9.62 Å². The van der Waals surface area contributed by atoms with E-state index < -0.39 is 10.0 Å². The third-order valence-electron chi connectivity index (χ3n) is 5.42. The summed E-state index contributed by atoms with van der Waals surface area (Å²) in [4.78, 5) is 26.1. The van der Waals surface area contributed by atoms with Crippen molar-refractivity contribution in [2.24, 2.45) is 0 Å². The van der Waals surface area contributed by atoms with Crippen LogP contribution in [0.4, 0.5) is 0 Å². The minimum atomic E-state index is -3.71. The molecule has 0 heterocycles. The molecule has 0 aliphatic carbocycles. The van der Waals surface area contributed by atoms with Crippen LogP contribution in [0.2, 0.25) is 0 Å². The molecule has 0 bridgehead atoms. The maximum atomic E-state index is 12.9. The molecule has 172 valence electrons. The minimum Gasteiger partial charge on any atom is -0.339 e. The van der Waals surface area contributed by atoms with E-state index in [1.54, 1.807) is 29.2 Å². The summed E-state index contributed by atoms with van der Waals surface area (Å²) in [7, 11) is -3.71. The Kier molecular flexibility index (Phi) is 8.14. The lowest BCUT2D eigenvalue weighted by atomic mass is 10.1. The Labute approximate surface area is 195 Å². The number of rotatable bonds is 10. The normalized spacial score (nSPS) is 11.2. The number of likely N-dealkylation sites (N-methyl/N-ethyl adjacent to an activating group) is 1. The van der Waals surface area contributed by atoms with Gasteiger partial charge < -0.3 is 4.90 Å². The third-order valence-corrected chi connectivity index (χ3v) is 6.84. The summed E-state index contributed by atoms with van der Waals surface area (Å²) < 4.78 is 27.6. The van der Waals surface area contributed by atoms with Crippen molar-refractivity contribution in [3.63, 3.8) is 0 Å². The van der Waals surface area contributed by atoms with E-state index in [1.807, 2.05) is 37.3 Å². The van der Waals surface area contributed by atoms with Crippen LogP contribution in [0.5, 0.6) is 0 Å². The number of nitrogens with zero attached hydrogens (tertiary/aromatic N) is 1. The Morgan fingerprint density at radius 1 is 0.818 bits per heavy atom. The number of benzene rings is 3. The van der Waals surface area contributed by atoms with Crippen molar-refractivity contribution in [1.29, 1.82) is 0 Å². The van der Waals surface area contributed by atoms with Crippen LogP contribution in [0.3, 0.4) is 0 Å². The Morgan fingerprint density at radius 3 is 2.00 bits per heavy atom. The average molecular weight is 465 g/mol. The van der Waals surface area contributed by atoms with Crippen molar-refractivity contribution in [3.05, 3.63) is 101 Å². The Balaban J connectivity index is 1.59. The van der Waals surface area contributed by atoms with Crippen LogP contribution in [-0.4, -0.2) is 38.1 Å². The van der Waals surface area contributed by atoms with Crippen molar-refractivity contribution >= 4 is 21.7 Å². The Bertz CT molecular complexity index is 1190. The highest BCUT2D eigenvalue weighted by Crippen LogP contribution is 2.13. The van der Waals surface area contributed by atoms with Gasteiger partial charge in [0.05, 0.1) is 4.90 Å². The van der Waals surface area contributed by atoms with Crippen molar-refractivity contribution in [3.8, 4) is 0 Å². The lowest BCUT2D eigenvalue weighted by Gasteiger charge is -2.21. The highest BCUT2D eigenvalue weighted by atomic mass is 32.2. The maximum absolute atomic E-state index is 12.9. The molecule has 1 amide bonds. The zero-order valence-electron chi connectivity index (χ0n) is 18.8. The van der Waals surface area contributed by atoms with Gasteiger partial charge in [-0.3, -0.25) is 9.59 Å². The van der Waals surface area contributed by atoms with Crippen LogP contribution < -0.4 is 4.72 Å². The van der Waals surface area contributed by atoms with Crippen LogP contribution in [0, 0.1) is 0 Å². The number of Topliss-reactive ketones (excluding diaryl/α,β-unsaturated/α-hetero) is 1. The standard InChI is InChI=1S/C26H28N2O4S/c1-3-28(18-17-21-7-5-4-6-8-21)26(30)24-11-9-22(10-12-24)19-27-33(31,32)25-15-13-23(14-16-25)20(2)29/h4-16,27H,3,17-19H2,1-2H3. The molecule has 0 saturated carbocycles. The number of carbonyl (C=O) groups excluding carboxylic acids is 2. The van der Waals surface area contributed by atoms with Crippen LogP contribution in [0.15, 0.2) is 83.8 Å². The summed E-state index contributed by atoms with van der Waals surface area (Å²) in [6, 6.07) is 22.8. The molecule has 1 N–H and O–H groups in total. The molecule has 0 saturated heterocycles. The first-order valence-corrected chi connectivity index (χ1v) is 12.3. The second kappa shape index (κ2) is 11.0. The van der Waals surface area contributed by atoms with Crippen LogP contribution in [0.1, 0.15) is 45.7 Å². The smallest absolute Gasteiger partial charge is 0.253 e. The molecule has 0 radical (unpaired) electrons. The van der Waals surface area contributed by atoms with Crippen LogP contribution >= 0.6 is 0 Å². The second-order valence-corrected chi connectivity index (χ2v) is 9.49. The molecule has 0 spiro atoms. The number of hydrogen-bond acceptors (Lipinski definition) is 4. The summed E-state index contributed by atoms with van der Waals surface area (Å²) in [5.74, 6) is -0.172. The van der Waals surface area contributed by atoms with Gasteiger partial charge in [0.25, 0.3) is 5.91 Å². The predicted octanol–water partition coefficient (Wildman–Crippen LogP) is 4.07. The van der Waals surface area contributed by atoms with E-state index in [2.05, 4.69) is 4.72 Å². The molecule has 0 aliphatic rings. The summed E-state index contributed by atoms with van der Waals surface area (Å²) >= 11 is 0. The number of amides is 1. The lowest BCUT2D eigenvalue weighted by molar-refractivity contribution is 0.0766. The fraction of sp³-hybridized carbons (Fsp3) is 0.231. The fourth-order valence-electron chi connectivity index (χ4n) is 3.39. The molecule has 0 atom stereocenters. The van der Waals surface area contributed by atoms with E-state index in [1.165, 1.54) is 36.8 Å². The fourth-order valence-corrected chi connectivity index (χ4v) is 4.41. The van der Waals surface area contributed by atoms with Gasteiger partial charge >= 0.3 is 0 Å². The number of ketones is 1. The molecule has 0 aliphatic heterocycles. The van der Waals surface area contributed by atoms with Gasteiger partial charge in [-0.05, 0) is 55.7 Å². The summed E-state index contributed by atoms with van der Waals surface area (Å²) in [5.41, 5.74) is 2.94. The molecule has 3 aromatic carbocycles. The quantitative estimate of drug-likeness (QED) is 0.459. The van der Waals surface area contributed by atoms with E-state index in [4.69, 9.17) is 0 Å². The maximum Gasteiger partial charge on any atom is 0.253 e. The molecule has 3 rings (SSSR count). The number of carbonyl (C=O) groups is 2. The van der Waals surface area contributed by atoms with Gasteiger partial charge in [0.1, 0.15) is 0 Å². The minimum absolute atomic E-state index is 0.0499. The summed E-state index contributed by atoms with van der Waals surface area (Å²) in [6.45, 7) is 4.71. The van der Waals surface area contributed by atoms with Gasteiger partial charge in [-0.1, -0.05) is 54.6 Å². The van der Waals surface area contributed by atoms with E-state index in [0.717, 1.165) is 12.0 Å². The first kappa shape index (κ1) is 24.4. The van der Waals surface area contributed by atoms with E-state index >= 15 is 0 Å². The zero-order valence-corrected chi connectivity index (χ0v) is 19.6. The molecular formula is C26H28N2O4S. The van der Waals surface area contributed by atoms with Crippen LogP contribution in [-0.2, 0) is 23.0 Å². The monoisotopic (exact) mass is 464 g/mol. The Hall–Kier alpha value is -3.29. The van der Waals surface area contributed by atoms with Crippen molar-refractivity contribution < 1.29 is 18.0 Å². The molecule has 0 aromatic heterocycles. The van der Waals surface area contributed by atoms with Gasteiger partial charge in [0, 0.05) is 30.8 Å². The van der Waals surface area contributed by atoms with E-state index in [0.29, 0.717) is 24.2 Å². The van der Waals surface area contributed by atoms with Crippen molar-refractivity contribution in [2.75, 3.05) is 13.1 Å². The topological polar surface area (TPSA) is 83.6 Å². The zero-order chi connectivity index (χ0) is 23.8. The van der Waals surface area contributed by atoms with Crippen LogP contribution in [0.25, 0.3) is 0 Å². The van der Waals surface area contributed by atoms with Gasteiger partial charge in [-0.25, -0.2) is 13.1 Å². The molecule has 6 nitrogen and oxygen atoms in total. The Morgan fingerprint density at radius 2 is 1.42 bits per heavy atom. The number of nitrogens with one attached hydrogen (secondary N) is 1. The van der Waals surface area contributed by atoms with Gasteiger partial charge in [-0.2, -0.15) is 0 Å². The third kappa shape index (κ3) is 6.60. The largest absolute Gasteiger partial charge is 0.339 e. The SMILES string of the molecule is CCN(CCc1ccccc1)C(=O)c1ccc(CNS(=O)(=O)c2ccc(C(C)=O)cc2)cc1. The summed E-state index contributed by atoms with van der Waals surface area (Å²) in [5, 5.41) is 0. The van der Waals surface area contributed by atoms with E-state index in [-0.39, 0.29) is 23.1 Å². The molecular weight excluding hydrogens is 436 g/mol. The first-order valence-electron chi connectivity index (χ1n) is 10.8. The highest BCUT2D eigenvalue weighted by Gasteiger charge is 2.16. The highest BCUT2D eigenvalue weighted by molar-refractivity contribution is 7.89. The lowest BCUT2D eigenvalue weighted by Crippen LogP contribution is -2.32. The second-order valence-electron chi connectivity index (χ2n) is 7.72. The first-order chi connectivity index (χ1) is 15.8. The molecule has 7 heteroatoms. The summed E-state index contributed by atoms with van der Waals surface area (Å²) in [6.07, 6.45) is 0.785. The molecule has 33 heavy (non-hydrogen) atoms. The number of hydrogen-bond donors (Lipinski definition) is 1.